The zero-order valence-electron chi connectivity index (χ0n) is 11.0. The highest BCUT2D eigenvalue weighted by atomic mass is 16.1. The first-order valence-electron chi connectivity index (χ1n) is 6.45. The molecule has 19 heavy (non-hydrogen) atoms. The van der Waals surface area contributed by atoms with Gasteiger partial charge in [-0.25, -0.2) is 0 Å². The van der Waals surface area contributed by atoms with E-state index in [2.05, 4.69) is 5.32 Å². The Bertz CT molecular complexity index is 564. The molecule has 0 saturated carbocycles. The van der Waals surface area contributed by atoms with Crippen molar-refractivity contribution in [1.29, 1.82) is 0 Å². The maximum Gasteiger partial charge on any atom is 0.224 e. The van der Waals surface area contributed by atoms with Crippen LogP contribution in [0.15, 0.2) is 48.5 Å². The molecule has 0 saturated heterocycles. The largest absolute Gasteiger partial charge is 0.399 e. The molecule has 0 radical (unpaired) electrons. The van der Waals surface area contributed by atoms with E-state index in [4.69, 9.17) is 5.73 Å². The summed E-state index contributed by atoms with van der Waals surface area (Å²) in [5.74, 6) is 0.0188. The molecule has 0 unspecified atom stereocenters. The van der Waals surface area contributed by atoms with E-state index in [0.717, 1.165) is 23.2 Å². The van der Waals surface area contributed by atoms with E-state index < -0.39 is 0 Å². The van der Waals surface area contributed by atoms with Crippen LogP contribution in [-0.4, -0.2) is 5.91 Å². The van der Waals surface area contributed by atoms with Crippen molar-refractivity contribution in [3.8, 4) is 11.1 Å². The van der Waals surface area contributed by atoms with E-state index in [1.165, 1.54) is 0 Å². The number of carbonyl (C=O) groups is 1. The number of rotatable bonds is 4. The third-order valence-electron chi connectivity index (χ3n) is 2.88. The summed E-state index contributed by atoms with van der Waals surface area (Å²) in [6.45, 7) is 1.98. The lowest BCUT2D eigenvalue weighted by atomic mass is 10.0. The van der Waals surface area contributed by atoms with Gasteiger partial charge in [0.05, 0.1) is 5.69 Å². The van der Waals surface area contributed by atoms with Gasteiger partial charge in [0.1, 0.15) is 0 Å². The maximum absolute atomic E-state index is 11.8. The summed E-state index contributed by atoms with van der Waals surface area (Å²) in [5, 5.41) is 2.93. The van der Waals surface area contributed by atoms with Crippen LogP contribution in [0.4, 0.5) is 11.4 Å². The molecule has 2 rings (SSSR count). The van der Waals surface area contributed by atoms with Gasteiger partial charge in [-0.05, 0) is 24.1 Å². The molecular formula is C16H18N2O. The summed E-state index contributed by atoms with van der Waals surface area (Å²) in [6.07, 6.45) is 1.35. The molecule has 0 spiro atoms. The molecule has 2 aromatic rings. The van der Waals surface area contributed by atoms with Crippen molar-refractivity contribution < 1.29 is 4.79 Å². The zero-order chi connectivity index (χ0) is 13.7. The minimum atomic E-state index is 0.0188. The average molecular weight is 254 g/mol. The molecule has 3 heteroatoms. The molecule has 0 aliphatic rings. The highest BCUT2D eigenvalue weighted by Crippen LogP contribution is 2.29. The average Bonchev–Trinajstić information content (AvgIpc) is 2.40. The molecule has 0 aliphatic heterocycles. The molecule has 3 N–H and O–H groups in total. The minimum absolute atomic E-state index is 0.0188. The quantitative estimate of drug-likeness (QED) is 0.818. The predicted octanol–water partition coefficient (Wildman–Crippen LogP) is 3.67. The summed E-state index contributed by atoms with van der Waals surface area (Å²) >= 11 is 0. The maximum atomic E-state index is 11.8. The topological polar surface area (TPSA) is 55.1 Å². The van der Waals surface area contributed by atoms with Gasteiger partial charge in [0.25, 0.3) is 0 Å². The fourth-order valence-electron chi connectivity index (χ4n) is 1.97. The van der Waals surface area contributed by atoms with Crippen LogP contribution in [0.3, 0.4) is 0 Å². The highest BCUT2D eigenvalue weighted by molar-refractivity contribution is 5.96. The van der Waals surface area contributed by atoms with Gasteiger partial charge in [-0.1, -0.05) is 43.3 Å². The molecule has 0 fully saturated rings. The van der Waals surface area contributed by atoms with Crippen LogP contribution < -0.4 is 11.1 Å². The minimum Gasteiger partial charge on any atom is -0.399 e. The summed E-state index contributed by atoms with van der Waals surface area (Å²) in [7, 11) is 0. The Morgan fingerprint density at radius 2 is 1.89 bits per heavy atom. The van der Waals surface area contributed by atoms with Gasteiger partial charge in [-0.2, -0.15) is 0 Å². The van der Waals surface area contributed by atoms with E-state index in [1.54, 1.807) is 6.07 Å². The number of nitrogens with two attached hydrogens (primary N) is 1. The van der Waals surface area contributed by atoms with Crippen LogP contribution in [0.25, 0.3) is 11.1 Å². The Hall–Kier alpha value is -2.29. The van der Waals surface area contributed by atoms with Crippen LogP contribution in [-0.2, 0) is 4.79 Å². The van der Waals surface area contributed by atoms with Crippen molar-refractivity contribution in [3.63, 3.8) is 0 Å². The molecule has 0 bridgehead atoms. The van der Waals surface area contributed by atoms with Crippen molar-refractivity contribution in [2.45, 2.75) is 19.8 Å². The lowest BCUT2D eigenvalue weighted by Crippen LogP contribution is -2.11. The number of nitrogen functional groups attached to an aromatic ring is 1. The van der Waals surface area contributed by atoms with Crippen molar-refractivity contribution >= 4 is 17.3 Å². The smallest absolute Gasteiger partial charge is 0.224 e. The van der Waals surface area contributed by atoms with Crippen LogP contribution >= 0.6 is 0 Å². The third kappa shape index (κ3) is 3.35. The van der Waals surface area contributed by atoms with E-state index in [-0.39, 0.29) is 5.91 Å². The van der Waals surface area contributed by atoms with Crippen LogP contribution in [0, 0.1) is 0 Å². The molecular weight excluding hydrogens is 236 g/mol. The number of hydrogen-bond acceptors (Lipinski definition) is 2. The van der Waals surface area contributed by atoms with Gasteiger partial charge in [0.15, 0.2) is 0 Å². The molecule has 0 aromatic heterocycles. The molecule has 0 heterocycles. The lowest BCUT2D eigenvalue weighted by molar-refractivity contribution is -0.116. The lowest BCUT2D eigenvalue weighted by Gasteiger charge is -2.12. The molecule has 2 aromatic carbocycles. The number of nitrogens with one attached hydrogen (secondary N) is 1. The monoisotopic (exact) mass is 254 g/mol. The highest BCUT2D eigenvalue weighted by Gasteiger charge is 2.08. The summed E-state index contributed by atoms with van der Waals surface area (Å²) < 4.78 is 0. The molecule has 98 valence electrons. The van der Waals surface area contributed by atoms with Gasteiger partial charge in [0.2, 0.25) is 5.91 Å². The standard InChI is InChI=1S/C16H18N2O/c1-2-6-16(19)18-15-11-13(17)9-10-14(15)12-7-4-3-5-8-12/h3-5,7-11H,2,6,17H2,1H3,(H,18,19). The fourth-order valence-corrected chi connectivity index (χ4v) is 1.97. The second kappa shape index (κ2) is 6.05. The molecule has 0 atom stereocenters. The summed E-state index contributed by atoms with van der Waals surface area (Å²) in [6, 6.07) is 15.5. The third-order valence-corrected chi connectivity index (χ3v) is 2.88. The fraction of sp³-hybridized carbons (Fsp3) is 0.188. The molecule has 3 nitrogen and oxygen atoms in total. The Morgan fingerprint density at radius 1 is 1.16 bits per heavy atom. The summed E-state index contributed by atoms with van der Waals surface area (Å²) in [5.41, 5.74) is 9.27. The number of anilines is 2. The first-order chi connectivity index (χ1) is 9.20. The van der Waals surface area contributed by atoms with Gasteiger partial charge in [0, 0.05) is 17.7 Å². The van der Waals surface area contributed by atoms with Crippen molar-refractivity contribution in [1.82, 2.24) is 0 Å². The van der Waals surface area contributed by atoms with Gasteiger partial charge >= 0.3 is 0 Å². The first kappa shape index (κ1) is 13.1. The normalized spacial score (nSPS) is 10.2. The Kier molecular flexibility index (Phi) is 4.18. The van der Waals surface area contributed by atoms with Crippen molar-refractivity contribution in [2.24, 2.45) is 0 Å². The first-order valence-corrected chi connectivity index (χ1v) is 6.45. The van der Waals surface area contributed by atoms with Gasteiger partial charge in [-0.15, -0.1) is 0 Å². The van der Waals surface area contributed by atoms with E-state index in [0.29, 0.717) is 12.1 Å². The SMILES string of the molecule is CCCC(=O)Nc1cc(N)ccc1-c1ccccc1. The number of hydrogen-bond donors (Lipinski definition) is 2. The van der Waals surface area contributed by atoms with Crippen LogP contribution in [0.1, 0.15) is 19.8 Å². The zero-order valence-corrected chi connectivity index (χ0v) is 11.0. The predicted molar refractivity (Wildman–Crippen MR) is 79.8 cm³/mol. The number of carbonyl (C=O) groups excluding carboxylic acids is 1. The number of amides is 1. The summed E-state index contributed by atoms with van der Waals surface area (Å²) in [4.78, 5) is 11.8. The Balaban J connectivity index is 2.36. The number of benzene rings is 2. The second-order valence-corrected chi connectivity index (χ2v) is 4.47. The molecule has 1 amide bonds. The second-order valence-electron chi connectivity index (χ2n) is 4.47. The van der Waals surface area contributed by atoms with Crippen LogP contribution in [0.2, 0.25) is 0 Å². The Morgan fingerprint density at radius 3 is 2.58 bits per heavy atom. The van der Waals surface area contributed by atoms with E-state index >= 15 is 0 Å². The van der Waals surface area contributed by atoms with Crippen LogP contribution in [0.5, 0.6) is 0 Å². The van der Waals surface area contributed by atoms with E-state index in [9.17, 15) is 4.79 Å². The Labute approximate surface area is 113 Å². The van der Waals surface area contributed by atoms with Crippen molar-refractivity contribution in [3.05, 3.63) is 48.5 Å². The van der Waals surface area contributed by atoms with Gasteiger partial charge < -0.3 is 11.1 Å². The van der Waals surface area contributed by atoms with Gasteiger partial charge in [-0.3, -0.25) is 4.79 Å². The van der Waals surface area contributed by atoms with E-state index in [1.807, 2.05) is 49.4 Å². The molecule has 0 aliphatic carbocycles. The van der Waals surface area contributed by atoms with Crippen molar-refractivity contribution in [2.75, 3.05) is 11.1 Å².